The first-order valence-corrected chi connectivity index (χ1v) is 5.20. The molecule has 2 aromatic rings. The van der Waals surface area contributed by atoms with Crippen LogP contribution < -0.4 is 5.32 Å². The number of aliphatic carboxylic acids is 1. The summed E-state index contributed by atoms with van der Waals surface area (Å²) in [5, 5.41) is 12.3. The number of amides is 1. The number of aromatic nitrogens is 1. The molecule has 1 aromatic carbocycles. The van der Waals surface area contributed by atoms with Crippen LogP contribution in [0.2, 0.25) is 0 Å². The molecule has 0 saturated carbocycles. The van der Waals surface area contributed by atoms with E-state index in [-0.39, 0.29) is 6.42 Å². The number of nitrogens with one attached hydrogen (secondary N) is 2. The second-order valence-electron chi connectivity index (χ2n) is 3.74. The van der Waals surface area contributed by atoms with Gasteiger partial charge < -0.3 is 15.4 Å². The van der Waals surface area contributed by atoms with Crippen LogP contribution in [0.5, 0.6) is 0 Å². The fourth-order valence-corrected chi connectivity index (χ4v) is 1.84. The lowest BCUT2D eigenvalue weighted by molar-refractivity contribution is -0.140. The highest BCUT2D eigenvalue weighted by atomic mass is 16.4. The molecule has 0 fully saturated rings. The number of rotatable bonds is 5. The van der Waals surface area contributed by atoms with Crippen molar-refractivity contribution in [2.24, 2.45) is 0 Å². The van der Waals surface area contributed by atoms with E-state index in [1.807, 2.05) is 24.3 Å². The molecule has 5 heteroatoms. The Bertz CT molecular complexity index is 547. The number of aromatic amines is 1. The summed E-state index contributed by atoms with van der Waals surface area (Å²) in [6.45, 7) is 0. The van der Waals surface area contributed by atoms with Crippen molar-refractivity contribution in [2.75, 3.05) is 0 Å². The molecule has 17 heavy (non-hydrogen) atoms. The minimum atomic E-state index is -1.04. The molecule has 0 aliphatic rings. The molecular formula is C12H12N2O3. The van der Waals surface area contributed by atoms with Crippen molar-refractivity contribution in [2.45, 2.75) is 12.5 Å². The quantitative estimate of drug-likeness (QED) is 0.670. The molecule has 0 spiro atoms. The topological polar surface area (TPSA) is 82.2 Å². The van der Waals surface area contributed by atoms with Gasteiger partial charge in [0.15, 0.2) is 0 Å². The Morgan fingerprint density at radius 2 is 2.29 bits per heavy atom. The Kier molecular flexibility index (Phi) is 3.09. The van der Waals surface area contributed by atoms with Gasteiger partial charge >= 0.3 is 5.97 Å². The molecule has 3 N–H and O–H groups in total. The Balaban J connectivity index is 2.30. The van der Waals surface area contributed by atoms with Crippen molar-refractivity contribution in [3.05, 3.63) is 36.0 Å². The van der Waals surface area contributed by atoms with E-state index in [4.69, 9.17) is 5.11 Å². The summed E-state index contributed by atoms with van der Waals surface area (Å²) < 4.78 is 0. The normalized spacial score (nSPS) is 12.2. The van der Waals surface area contributed by atoms with E-state index in [1.54, 1.807) is 6.20 Å². The average Bonchev–Trinajstić information content (AvgIpc) is 2.77. The van der Waals surface area contributed by atoms with E-state index < -0.39 is 12.0 Å². The number of para-hydroxylation sites is 1. The summed E-state index contributed by atoms with van der Waals surface area (Å²) in [5.41, 5.74) is 1.78. The monoisotopic (exact) mass is 232 g/mol. The molecule has 0 aliphatic carbocycles. The maximum atomic E-state index is 10.9. The third-order valence-electron chi connectivity index (χ3n) is 2.66. The van der Waals surface area contributed by atoms with Crippen molar-refractivity contribution >= 4 is 23.3 Å². The van der Waals surface area contributed by atoms with E-state index in [2.05, 4.69) is 10.3 Å². The third-order valence-corrected chi connectivity index (χ3v) is 2.66. The summed E-state index contributed by atoms with van der Waals surface area (Å²) in [6, 6.07) is 6.67. The summed E-state index contributed by atoms with van der Waals surface area (Å²) in [4.78, 5) is 24.3. The Labute approximate surface area is 97.4 Å². The number of H-pyrrole nitrogens is 1. The van der Waals surface area contributed by atoms with Gasteiger partial charge in [-0.2, -0.15) is 0 Å². The Morgan fingerprint density at radius 1 is 1.47 bits per heavy atom. The van der Waals surface area contributed by atoms with Crippen LogP contribution in [-0.2, 0) is 16.0 Å². The molecule has 5 nitrogen and oxygen atoms in total. The second kappa shape index (κ2) is 4.69. The molecule has 1 unspecified atom stereocenters. The molecule has 1 heterocycles. The Morgan fingerprint density at radius 3 is 3.00 bits per heavy atom. The van der Waals surface area contributed by atoms with Gasteiger partial charge in [0.1, 0.15) is 6.04 Å². The fraction of sp³-hybridized carbons (Fsp3) is 0.167. The maximum Gasteiger partial charge on any atom is 0.326 e. The van der Waals surface area contributed by atoms with Crippen LogP contribution in [0.25, 0.3) is 10.9 Å². The van der Waals surface area contributed by atoms with Crippen molar-refractivity contribution < 1.29 is 14.7 Å². The fourth-order valence-electron chi connectivity index (χ4n) is 1.84. The number of benzene rings is 1. The first-order valence-electron chi connectivity index (χ1n) is 5.20. The predicted molar refractivity (Wildman–Crippen MR) is 62.6 cm³/mol. The van der Waals surface area contributed by atoms with Gasteiger partial charge in [-0.15, -0.1) is 0 Å². The molecule has 0 saturated heterocycles. The number of carboxylic acids is 1. The minimum absolute atomic E-state index is 0.256. The molecule has 0 bridgehead atoms. The molecular weight excluding hydrogens is 220 g/mol. The zero-order chi connectivity index (χ0) is 12.3. The number of carbonyl (C=O) groups excluding carboxylic acids is 1. The summed E-state index contributed by atoms with van der Waals surface area (Å²) in [7, 11) is 0. The van der Waals surface area contributed by atoms with E-state index in [0.717, 1.165) is 16.5 Å². The summed E-state index contributed by atoms with van der Waals surface area (Å²) >= 11 is 0. The lowest BCUT2D eigenvalue weighted by Crippen LogP contribution is -2.37. The van der Waals surface area contributed by atoms with Crippen molar-refractivity contribution in [1.82, 2.24) is 10.3 Å². The van der Waals surface area contributed by atoms with E-state index in [0.29, 0.717) is 6.41 Å². The number of carboxylic acid groups (broad SMARTS) is 1. The van der Waals surface area contributed by atoms with Gasteiger partial charge in [0.25, 0.3) is 0 Å². The number of fused-ring (bicyclic) bond motifs is 1. The van der Waals surface area contributed by atoms with E-state index in [9.17, 15) is 9.59 Å². The van der Waals surface area contributed by atoms with Gasteiger partial charge in [-0.05, 0) is 17.0 Å². The maximum absolute atomic E-state index is 10.9. The first-order chi connectivity index (χ1) is 8.22. The van der Waals surface area contributed by atoms with Crippen LogP contribution >= 0.6 is 0 Å². The average molecular weight is 232 g/mol. The van der Waals surface area contributed by atoms with Gasteiger partial charge in [-0.3, -0.25) is 4.79 Å². The largest absolute Gasteiger partial charge is 0.480 e. The van der Waals surface area contributed by atoms with E-state index >= 15 is 0 Å². The highest BCUT2D eigenvalue weighted by Crippen LogP contribution is 2.18. The minimum Gasteiger partial charge on any atom is -0.480 e. The molecule has 0 aliphatic heterocycles. The first kappa shape index (κ1) is 11.2. The standard InChI is InChI=1S/C12H12N2O3/c15-7-14-10(12(16)17)6-9-3-1-2-8-4-5-13-11(8)9/h1-5,7,10,13H,6H2,(H,14,15)(H,16,17). The van der Waals surface area contributed by atoms with Crippen LogP contribution in [-0.4, -0.2) is 28.5 Å². The summed E-state index contributed by atoms with van der Waals surface area (Å²) in [6.07, 6.45) is 2.47. The molecule has 1 amide bonds. The lowest BCUT2D eigenvalue weighted by atomic mass is 10.0. The van der Waals surface area contributed by atoms with Crippen LogP contribution in [0.15, 0.2) is 30.5 Å². The van der Waals surface area contributed by atoms with Crippen LogP contribution in [0.4, 0.5) is 0 Å². The molecule has 0 radical (unpaired) electrons. The van der Waals surface area contributed by atoms with Gasteiger partial charge in [0, 0.05) is 18.1 Å². The van der Waals surface area contributed by atoms with Crippen molar-refractivity contribution in [1.29, 1.82) is 0 Å². The SMILES string of the molecule is O=CNC(Cc1cccc2cc[nH]c12)C(=O)O. The van der Waals surface area contributed by atoms with E-state index in [1.165, 1.54) is 0 Å². The third kappa shape index (κ3) is 2.28. The molecule has 1 atom stereocenters. The smallest absolute Gasteiger partial charge is 0.326 e. The van der Waals surface area contributed by atoms with Crippen LogP contribution in [0.1, 0.15) is 5.56 Å². The summed E-state index contributed by atoms with van der Waals surface area (Å²) in [5.74, 6) is -1.04. The van der Waals surface area contributed by atoms with Crippen molar-refractivity contribution in [3.63, 3.8) is 0 Å². The van der Waals surface area contributed by atoms with Gasteiger partial charge in [-0.1, -0.05) is 18.2 Å². The molecule has 88 valence electrons. The zero-order valence-corrected chi connectivity index (χ0v) is 9.01. The van der Waals surface area contributed by atoms with Crippen LogP contribution in [0.3, 0.4) is 0 Å². The van der Waals surface area contributed by atoms with Gasteiger partial charge in [-0.25, -0.2) is 4.79 Å². The number of hydrogen-bond donors (Lipinski definition) is 3. The molecule has 2 rings (SSSR count). The van der Waals surface area contributed by atoms with Gasteiger partial charge in [0.2, 0.25) is 6.41 Å². The number of carbonyl (C=O) groups is 2. The second-order valence-corrected chi connectivity index (χ2v) is 3.74. The van der Waals surface area contributed by atoms with Crippen molar-refractivity contribution in [3.8, 4) is 0 Å². The highest BCUT2D eigenvalue weighted by molar-refractivity contribution is 5.84. The number of hydrogen-bond acceptors (Lipinski definition) is 2. The zero-order valence-electron chi connectivity index (χ0n) is 9.01. The Hall–Kier alpha value is -2.30. The van der Waals surface area contributed by atoms with Gasteiger partial charge in [0.05, 0.1) is 0 Å². The predicted octanol–water partition coefficient (Wildman–Crippen LogP) is 0.910. The highest BCUT2D eigenvalue weighted by Gasteiger charge is 2.18. The lowest BCUT2D eigenvalue weighted by Gasteiger charge is -2.11. The van der Waals surface area contributed by atoms with Crippen LogP contribution in [0, 0.1) is 0 Å². The molecule has 1 aromatic heterocycles.